The van der Waals surface area contributed by atoms with Crippen LogP contribution >= 0.6 is 11.3 Å². The number of hydrogen-bond acceptors (Lipinski definition) is 1. The third-order valence-electron chi connectivity index (χ3n) is 16.5. The smallest absolute Gasteiger partial charge is 0.0433 e. The van der Waals surface area contributed by atoms with Gasteiger partial charge in [0.1, 0.15) is 0 Å². The van der Waals surface area contributed by atoms with Crippen LogP contribution in [0.1, 0.15) is 0 Å². The minimum atomic E-state index is 1.22. The minimum Gasteiger partial charge on any atom is -0.135 e. The predicted molar refractivity (Wildman–Crippen MR) is 318 cm³/mol. The molecule has 0 nitrogen and oxygen atoms in total. The molecule has 0 amide bonds. The lowest BCUT2D eigenvalue weighted by Crippen LogP contribution is -2.00. The largest absolute Gasteiger partial charge is 0.135 e. The fourth-order valence-corrected chi connectivity index (χ4v) is 14.6. The molecule has 0 fully saturated rings. The van der Waals surface area contributed by atoms with Crippen molar-refractivity contribution in [1.82, 2.24) is 0 Å². The molecule has 1 aromatic heterocycles. The second kappa shape index (κ2) is 14.7. The topological polar surface area (TPSA) is 0 Å². The van der Waals surface area contributed by atoms with Gasteiger partial charge >= 0.3 is 0 Å². The maximum Gasteiger partial charge on any atom is 0.0433 e. The van der Waals surface area contributed by atoms with Crippen LogP contribution in [-0.4, -0.2) is 0 Å². The molecule has 15 aromatic carbocycles. The van der Waals surface area contributed by atoms with E-state index in [1.807, 2.05) is 11.3 Å². The summed E-state index contributed by atoms with van der Waals surface area (Å²) in [5, 5.41) is 25.6. The minimum absolute atomic E-state index is 1.22. The van der Waals surface area contributed by atoms with E-state index < -0.39 is 0 Å². The highest BCUT2D eigenvalue weighted by molar-refractivity contribution is 7.26. The van der Waals surface area contributed by atoms with Gasteiger partial charge in [-0.15, -0.1) is 11.3 Å². The van der Waals surface area contributed by atoms with Gasteiger partial charge in [-0.3, -0.25) is 0 Å². The molecule has 0 aliphatic heterocycles. The zero-order valence-corrected chi connectivity index (χ0v) is 40.3. The van der Waals surface area contributed by atoms with Crippen molar-refractivity contribution in [2.24, 2.45) is 0 Å². The first-order valence-corrected chi connectivity index (χ1v) is 26.2. The summed E-state index contributed by atoms with van der Waals surface area (Å²) in [5.74, 6) is 0. The number of fused-ring (bicyclic) bond motifs is 29. The summed E-state index contributed by atoms with van der Waals surface area (Å²) < 4.78 is 2.64. The fourth-order valence-electron chi connectivity index (χ4n) is 13.3. The van der Waals surface area contributed by atoms with E-state index in [0.717, 1.165) is 0 Å². The maximum atomic E-state index is 2.56. The van der Waals surface area contributed by atoms with Crippen LogP contribution in [0.3, 0.4) is 0 Å². The van der Waals surface area contributed by atoms with Gasteiger partial charge in [-0.2, -0.15) is 0 Å². The van der Waals surface area contributed by atoms with Crippen LogP contribution in [0.25, 0.3) is 173 Å². The number of thiophene rings is 1. The van der Waals surface area contributed by atoms with E-state index in [1.54, 1.807) is 0 Å². The molecule has 1 heterocycles. The van der Waals surface area contributed by atoms with Crippen molar-refractivity contribution in [1.29, 1.82) is 0 Å². The first kappa shape index (κ1) is 39.6. The molecule has 73 heavy (non-hydrogen) atoms. The third-order valence-corrected chi connectivity index (χ3v) is 17.8. The predicted octanol–water partition coefficient (Wildman–Crippen LogP) is 21.1. The maximum absolute atomic E-state index is 2.56. The summed E-state index contributed by atoms with van der Waals surface area (Å²) in [6.07, 6.45) is 0. The van der Waals surface area contributed by atoms with Crippen LogP contribution in [0, 0.1) is 0 Å². The molecule has 0 saturated heterocycles. The Hall–Kier alpha value is -9.14. The Labute approximate surface area is 424 Å². The Kier molecular flexibility index (Phi) is 7.97. The van der Waals surface area contributed by atoms with Crippen LogP contribution in [0.5, 0.6) is 0 Å². The van der Waals surface area contributed by atoms with Crippen molar-refractivity contribution in [3.8, 4) is 55.6 Å². The molecular weight excluding hydrogens is 897 g/mol. The van der Waals surface area contributed by atoms with Gasteiger partial charge in [0.05, 0.1) is 0 Å². The Bertz CT molecular complexity index is 5150. The molecule has 334 valence electrons. The second-order valence-electron chi connectivity index (χ2n) is 20.1. The van der Waals surface area contributed by atoms with Crippen LogP contribution in [0.2, 0.25) is 0 Å². The first-order valence-electron chi connectivity index (χ1n) is 25.4. The Morgan fingerprint density at radius 3 is 0.795 bits per heavy atom. The lowest BCUT2D eigenvalue weighted by atomic mass is 9.76. The van der Waals surface area contributed by atoms with Gasteiger partial charge in [-0.1, -0.05) is 194 Å². The fraction of sp³-hybridized carbons (Fsp3) is 0. The number of benzene rings is 15. The SMILES string of the molecule is c1ccc2c(c1)sc1c(-c3ccc4c(c3)-c3cc5c6ccccc6c6ccccc6c5cc3-c3cc5c6ccccc6c6ccccc6c5cc3-c3cc5c6ccccc6c6ccccc6c5cc3-4)cccc12. The highest BCUT2D eigenvalue weighted by atomic mass is 32.1. The van der Waals surface area contributed by atoms with Gasteiger partial charge < -0.3 is 0 Å². The monoisotopic (exact) mass is 936 g/mol. The first-order chi connectivity index (χ1) is 36.2. The van der Waals surface area contributed by atoms with Crippen molar-refractivity contribution < 1.29 is 0 Å². The average Bonchev–Trinajstić information content (AvgIpc) is 3.85. The lowest BCUT2D eigenvalue weighted by molar-refractivity contribution is 1.56. The van der Waals surface area contributed by atoms with E-state index in [4.69, 9.17) is 0 Å². The Morgan fingerprint density at radius 2 is 0.438 bits per heavy atom. The molecule has 1 aliphatic carbocycles. The molecule has 1 heteroatoms. The molecular formula is C72H40S. The summed E-state index contributed by atoms with van der Waals surface area (Å²) >= 11 is 1.90. The van der Waals surface area contributed by atoms with Crippen LogP contribution < -0.4 is 0 Å². The summed E-state index contributed by atoms with van der Waals surface area (Å²) in [6, 6.07) is 92.6. The zero-order chi connectivity index (χ0) is 47.5. The summed E-state index contributed by atoms with van der Waals surface area (Å²) in [6.45, 7) is 0. The molecule has 0 spiro atoms. The van der Waals surface area contributed by atoms with Crippen molar-refractivity contribution in [2.45, 2.75) is 0 Å². The molecule has 0 radical (unpaired) electrons. The lowest BCUT2D eigenvalue weighted by Gasteiger charge is -2.27. The van der Waals surface area contributed by atoms with Crippen LogP contribution in [-0.2, 0) is 0 Å². The van der Waals surface area contributed by atoms with E-state index in [1.165, 1.54) is 173 Å². The van der Waals surface area contributed by atoms with Crippen LogP contribution in [0.4, 0.5) is 0 Å². The van der Waals surface area contributed by atoms with E-state index in [-0.39, 0.29) is 0 Å². The van der Waals surface area contributed by atoms with E-state index in [9.17, 15) is 0 Å². The molecule has 0 bridgehead atoms. The standard InChI is InChI=1S/C72H40S/c1-7-22-49-43(16-1)44-17-3-9-24-51(44)61-37-67-65(35-59(49)61)55-33-32-41(42-29-15-30-57-56-28-13-14-31-71(56)73-72(42)57)34-58(55)66-36-60-50-23-8-2-18-45(50)46-19-4-10-25-52(46)62(60)38-68(66)70-40-64-54-27-12-6-21-48(54)47-20-5-11-26-53(47)63(64)39-69(67)70/h1-40H. The molecule has 0 unspecified atom stereocenters. The van der Waals surface area contributed by atoms with Gasteiger partial charge in [-0.25, -0.2) is 0 Å². The molecule has 0 atom stereocenters. The van der Waals surface area contributed by atoms with Crippen molar-refractivity contribution in [3.63, 3.8) is 0 Å². The van der Waals surface area contributed by atoms with Crippen molar-refractivity contribution >= 4 is 128 Å². The highest BCUT2D eigenvalue weighted by Gasteiger charge is 2.27. The molecule has 17 rings (SSSR count). The van der Waals surface area contributed by atoms with E-state index in [0.29, 0.717) is 0 Å². The second-order valence-corrected chi connectivity index (χ2v) is 21.2. The summed E-state index contributed by atoms with van der Waals surface area (Å²) in [5.41, 5.74) is 12.4. The Balaban J connectivity index is 1.10. The van der Waals surface area contributed by atoms with Crippen molar-refractivity contribution in [3.05, 3.63) is 243 Å². The average molecular weight is 937 g/mol. The highest BCUT2D eigenvalue weighted by Crippen LogP contribution is 2.55. The van der Waals surface area contributed by atoms with Gasteiger partial charge in [0.2, 0.25) is 0 Å². The van der Waals surface area contributed by atoms with Gasteiger partial charge in [0.25, 0.3) is 0 Å². The van der Waals surface area contributed by atoms with Gasteiger partial charge in [0, 0.05) is 20.2 Å². The number of hydrogen-bond donors (Lipinski definition) is 0. The van der Waals surface area contributed by atoms with Gasteiger partial charge in [-0.05, 0) is 201 Å². The van der Waals surface area contributed by atoms with Crippen molar-refractivity contribution in [2.75, 3.05) is 0 Å². The van der Waals surface area contributed by atoms with E-state index in [2.05, 4.69) is 243 Å². The quantitative estimate of drug-likeness (QED) is 0.144. The normalized spacial score (nSPS) is 12.4. The van der Waals surface area contributed by atoms with E-state index >= 15 is 0 Å². The zero-order valence-electron chi connectivity index (χ0n) is 39.5. The molecule has 0 saturated carbocycles. The van der Waals surface area contributed by atoms with Crippen LogP contribution in [0.15, 0.2) is 243 Å². The molecule has 1 aliphatic rings. The molecule has 0 N–H and O–H groups in total. The third kappa shape index (κ3) is 5.44. The number of rotatable bonds is 1. The Morgan fingerprint density at radius 1 is 0.164 bits per heavy atom. The summed E-state index contributed by atoms with van der Waals surface area (Å²) in [7, 11) is 0. The van der Waals surface area contributed by atoms with Gasteiger partial charge in [0.15, 0.2) is 0 Å². The molecule has 16 aromatic rings. The summed E-state index contributed by atoms with van der Waals surface area (Å²) in [4.78, 5) is 0.